The Morgan fingerprint density at radius 3 is 2.62 bits per heavy atom. The molecule has 0 radical (unpaired) electrons. The minimum absolute atomic E-state index is 0.0212. The van der Waals surface area contributed by atoms with Crippen LogP contribution in [0.4, 0.5) is 10.3 Å². The average molecular weight is 459 g/mol. The van der Waals surface area contributed by atoms with E-state index in [9.17, 15) is 9.18 Å². The van der Waals surface area contributed by atoms with Crippen molar-refractivity contribution in [1.82, 2.24) is 24.3 Å². The zero-order valence-corrected chi connectivity index (χ0v) is 19.3. The number of hydrogen-bond acceptors (Lipinski definition) is 5. The number of anilines is 1. The van der Waals surface area contributed by atoms with Gasteiger partial charge in [-0.1, -0.05) is 12.8 Å². The summed E-state index contributed by atoms with van der Waals surface area (Å²) < 4.78 is 15.6. The molecule has 1 amide bonds. The molecule has 3 heterocycles. The molecule has 1 N–H and O–H groups in total. The number of aromatic nitrogens is 4. The summed E-state index contributed by atoms with van der Waals surface area (Å²) in [6.07, 6.45) is 7.59. The smallest absolute Gasteiger partial charge is 0.229 e. The van der Waals surface area contributed by atoms with Crippen molar-refractivity contribution in [3.63, 3.8) is 0 Å². The number of amides is 1. The van der Waals surface area contributed by atoms with Crippen LogP contribution in [0.2, 0.25) is 0 Å². The lowest BCUT2D eigenvalue weighted by molar-refractivity contribution is -0.119. The van der Waals surface area contributed by atoms with Crippen LogP contribution >= 0.6 is 0 Å². The van der Waals surface area contributed by atoms with E-state index < -0.39 is 0 Å². The second-order valence-electron chi connectivity index (χ2n) is 9.05. The van der Waals surface area contributed by atoms with Crippen molar-refractivity contribution in [2.24, 2.45) is 5.92 Å². The third-order valence-corrected chi connectivity index (χ3v) is 6.17. The van der Waals surface area contributed by atoms with Crippen molar-refractivity contribution in [2.45, 2.75) is 32.2 Å². The maximum atomic E-state index is 13.6. The van der Waals surface area contributed by atoms with Crippen LogP contribution in [0.1, 0.15) is 31.2 Å². The van der Waals surface area contributed by atoms with Gasteiger partial charge in [0.15, 0.2) is 0 Å². The van der Waals surface area contributed by atoms with E-state index in [1.165, 1.54) is 12.1 Å². The quantitative estimate of drug-likeness (QED) is 0.450. The highest BCUT2D eigenvalue weighted by Gasteiger charge is 2.24. The highest BCUT2D eigenvalue weighted by molar-refractivity contribution is 5.91. The van der Waals surface area contributed by atoms with Gasteiger partial charge in [-0.25, -0.2) is 19.3 Å². The normalized spacial score (nSPS) is 14.2. The molecule has 0 aliphatic heterocycles. The second-order valence-corrected chi connectivity index (χ2v) is 9.05. The van der Waals surface area contributed by atoms with Crippen molar-refractivity contribution in [1.29, 1.82) is 0 Å². The lowest BCUT2D eigenvalue weighted by Crippen LogP contribution is -2.21. The molecule has 0 atom stereocenters. The van der Waals surface area contributed by atoms with E-state index in [0.717, 1.165) is 54.7 Å². The third-order valence-electron chi connectivity index (χ3n) is 6.17. The van der Waals surface area contributed by atoms with Crippen LogP contribution in [-0.4, -0.2) is 44.3 Å². The lowest BCUT2D eigenvalue weighted by Gasteiger charge is -2.11. The Labute approximate surface area is 197 Å². The van der Waals surface area contributed by atoms with Crippen molar-refractivity contribution >= 4 is 17.5 Å². The zero-order valence-electron chi connectivity index (χ0n) is 19.3. The minimum atomic E-state index is -0.304. The molecule has 1 aliphatic rings. The minimum Gasteiger partial charge on any atom is -0.305 e. The largest absolute Gasteiger partial charge is 0.305 e. The number of benzene rings is 1. The van der Waals surface area contributed by atoms with Gasteiger partial charge >= 0.3 is 0 Å². The van der Waals surface area contributed by atoms with Crippen LogP contribution in [0.5, 0.6) is 0 Å². The molecule has 34 heavy (non-hydrogen) atoms. The van der Waals surface area contributed by atoms with Crippen LogP contribution in [0.15, 0.2) is 54.9 Å². The summed E-state index contributed by atoms with van der Waals surface area (Å²) in [5, 5.41) is 2.89. The van der Waals surface area contributed by atoms with Crippen LogP contribution in [0.3, 0.4) is 0 Å². The topological polar surface area (TPSA) is 75.4 Å². The highest BCUT2D eigenvalue weighted by atomic mass is 19.1. The first-order valence-electron chi connectivity index (χ1n) is 11.5. The predicted octanol–water partition coefficient (Wildman–Crippen LogP) is 4.79. The fraction of sp³-hybridized carbons (Fsp3) is 0.308. The molecule has 174 valence electrons. The first kappa shape index (κ1) is 22.2. The van der Waals surface area contributed by atoms with E-state index >= 15 is 0 Å². The molecular formula is C26H27FN6O. The van der Waals surface area contributed by atoms with Crippen LogP contribution in [0, 0.1) is 11.7 Å². The van der Waals surface area contributed by atoms with Crippen LogP contribution in [-0.2, 0) is 11.3 Å². The number of fused-ring (bicyclic) bond motifs is 1. The summed E-state index contributed by atoms with van der Waals surface area (Å²) >= 11 is 0. The fourth-order valence-corrected chi connectivity index (χ4v) is 4.56. The molecule has 1 saturated carbocycles. The number of imidazole rings is 1. The first-order valence-corrected chi connectivity index (χ1v) is 11.5. The van der Waals surface area contributed by atoms with Gasteiger partial charge in [0.05, 0.1) is 17.1 Å². The molecule has 0 spiro atoms. The van der Waals surface area contributed by atoms with E-state index in [4.69, 9.17) is 4.98 Å². The monoisotopic (exact) mass is 458 g/mol. The lowest BCUT2D eigenvalue weighted by atomic mass is 10.1. The van der Waals surface area contributed by atoms with Crippen molar-refractivity contribution in [3.8, 4) is 22.6 Å². The molecule has 0 bridgehead atoms. The Morgan fingerprint density at radius 2 is 1.88 bits per heavy atom. The summed E-state index contributed by atoms with van der Waals surface area (Å²) in [7, 11) is 4.04. The van der Waals surface area contributed by atoms with Gasteiger partial charge in [-0.2, -0.15) is 0 Å². The molecule has 3 aromatic heterocycles. The van der Waals surface area contributed by atoms with Crippen molar-refractivity contribution in [2.75, 3.05) is 19.4 Å². The Hall–Kier alpha value is -3.65. The number of hydrogen-bond donors (Lipinski definition) is 1. The van der Waals surface area contributed by atoms with Crippen molar-refractivity contribution in [3.05, 3.63) is 66.2 Å². The van der Waals surface area contributed by atoms with Crippen LogP contribution in [0.25, 0.3) is 28.3 Å². The Kier molecular flexibility index (Phi) is 6.06. The third kappa shape index (κ3) is 4.54. The summed E-state index contributed by atoms with van der Waals surface area (Å²) in [5.74, 6) is -0.0345. The van der Waals surface area contributed by atoms with Gasteiger partial charge in [-0.05, 0) is 75.0 Å². The molecule has 1 aliphatic carbocycles. The van der Waals surface area contributed by atoms with Crippen molar-refractivity contribution < 1.29 is 9.18 Å². The summed E-state index contributed by atoms with van der Waals surface area (Å²) in [6.45, 7) is 0.787. The second kappa shape index (κ2) is 9.30. The SMILES string of the molecule is CN(C)Cc1ccn2c(-c3ccnc(NC(=O)C4CCCC4)n3)c(-c3ccc(F)cc3)nc2c1. The van der Waals surface area contributed by atoms with E-state index in [-0.39, 0.29) is 23.6 Å². The van der Waals surface area contributed by atoms with Gasteiger partial charge in [-0.3, -0.25) is 14.5 Å². The number of nitrogens with zero attached hydrogens (tertiary/aromatic N) is 5. The molecule has 5 rings (SSSR count). The summed E-state index contributed by atoms with van der Waals surface area (Å²) in [4.78, 5) is 28.5. The number of pyridine rings is 1. The standard InChI is InChI=1S/C26H27FN6O/c1-32(2)16-17-12-14-33-22(15-17)30-23(18-7-9-20(27)10-8-18)24(33)21-11-13-28-26(29-21)31-25(34)19-5-3-4-6-19/h7-15,19H,3-6,16H2,1-2H3,(H,28,29,31,34). The molecule has 4 aromatic rings. The Balaban J connectivity index is 1.59. The predicted molar refractivity (Wildman–Crippen MR) is 130 cm³/mol. The molecule has 1 fully saturated rings. The Bertz CT molecular complexity index is 1330. The average Bonchev–Trinajstić information content (AvgIpc) is 3.47. The molecular weight excluding hydrogens is 431 g/mol. The summed E-state index contributed by atoms with van der Waals surface area (Å²) in [5.41, 5.74) is 4.76. The summed E-state index contributed by atoms with van der Waals surface area (Å²) in [6, 6.07) is 12.2. The maximum absolute atomic E-state index is 13.6. The molecule has 7 nitrogen and oxygen atoms in total. The van der Waals surface area contributed by atoms with Crippen LogP contribution < -0.4 is 5.32 Å². The van der Waals surface area contributed by atoms with Gasteiger partial charge in [0.25, 0.3) is 0 Å². The van der Waals surface area contributed by atoms with Gasteiger partial charge in [-0.15, -0.1) is 0 Å². The number of rotatable bonds is 6. The van der Waals surface area contributed by atoms with Gasteiger partial charge in [0.2, 0.25) is 11.9 Å². The van der Waals surface area contributed by atoms with E-state index in [2.05, 4.69) is 26.3 Å². The zero-order chi connectivity index (χ0) is 23.7. The molecule has 8 heteroatoms. The number of carbonyl (C=O) groups is 1. The molecule has 0 unspecified atom stereocenters. The van der Waals surface area contributed by atoms with Gasteiger partial charge in [0.1, 0.15) is 11.5 Å². The fourth-order valence-electron chi connectivity index (χ4n) is 4.56. The number of carbonyl (C=O) groups excluding carboxylic acids is 1. The molecule has 0 saturated heterocycles. The van der Waals surface area contributed by atoms with E-state index in [0.29, 0.717) is 11.4 Å². The Morgan fingerprint density at radius 1 is 1.12 bits per heavy atom. The number of halogens is 1. The van der Waals surface area contributed by atoms with Gasteiger partial charge in [0, 0.05) is 30.4 Å². The number of nitrogens with one attached hydrogen (secondary N) is 1. The first-order chi connectivity index (χ1) is 16.5. The van der Waals surface area contributed by atoms with E-state index in [1.807, 2.05) is 30.8 Å². The highest BCUT2D eigenvalue weighted by Crippen LogP contribution is 2.33. The van der Waals surface area contributed by atoms with Gasteiger partial charge < -0.3 is 4.90 Å². The maximum Gasteiger partial charge on any atom is 0.229 e. The molecule has 1 aromatic carbocycles. The van der Waals surface area contributed by atoms with E-state index in [1.54, 1.807) is 24.4 Å².